The molecule has 0 bridgehead atoms. The Morgan fingerprint density at radius 3 is 2.64 bits per heavy atom. The van der Waals surface area contributed by atoms with Crippen LogP contribution in [-0.2, 0) is 17.9 Å². The molecule has 2 aliphatic rings. The third kappa shape index (κ3) is 3.90. The highest BCUT2D eigenvalue weighted by Crippen LogP contribution is 2.32. The molecule has 2 amide bonds. The fourth-order valence-electron chi connectivity index (χ4n) is 4.51. The molecule has 0 radical (unpaired) electrons. The van der Waals surface area contributed by atoms with Crippen LogP contribution in [-0.4, -0.2) is 44.8 Å². The first-order chi connectivity index (χ1) is 15.6. The molecule has 33 heavy (non-hydrogen) atoms. The molecule has 4 rings (SSSR count). The van der Waals surface area contributed by atoms with Crippen LogP contribution in [0, 0.1) is 23.5 Å². The van der Waals surface area contributed by atoms with Gasteiger partial charge in [0.1, 0.15) is 23.2 Å². The average Bonchev–Trinajstić information content (AvgIpc) is 2.75. The van der Waals surface area contributed by atoms with Crippen molar-refractivity contribution in [2.24, 2.45) is 11.8 Å². The molecule has 1 aromatic carbocycles. The minimum Gasteiger partial charge on any atom is -0.503 e. The van der Waals surface area contributed by atoms with Crippen molar-refractivity contribution >= 4 is 17.6 Å². The van der Waals surface area contributed by atoms with Gasteiger partial charge in [-0.05, 0) is 18.4 Å². The first-order valence-corrected chi connectivity index (χ1v) is 10.6. The molecular weight excluding hydrogens is 436 g/mol. The molecule has 2 aliphatic heterocycles. The van der Waals surface area contributed by atoms with Gasteiger partial charge in [-0.3, -0.25) is 19.2 Å². The highest BCUT2D eigenvalue weighted by molar-refractivity contribution is 6.02. The number of carbonyl (C=O) groups is 3. The van der Waals surface area contributed by atoms with Crippen molar-refractivity contribution < 1.29 is 28.3 Å². The summed E-state index contributed by atoms with van der Waals surface area (Å²) < 4.78 is 28.1. The SMILES string of the molecule is CC(C)[C@H]1CCN2C(=O)c3c(O)c(=O)c(C(=O)NCc4ccc(F)cc4F)cn3C[C@@H]2C1=O. The summed E-state index contributed by atoms with van der Waals surface area (Å²) in [4.78, 5) is 52.6. The van der Waals surface area contributed by atoms with Gasteiger partial charge in [0.15, 0.2) is 17.2 Å². The van der Waals surface area contributed by atoms with E-state index in [1.807, 2.05) is 13.8 Å². The molecule has 0 aliphatic carbocycles. The van der Waals surface area contributed by atoms with Crippen LogP contribution < -0.4 is 10.7 Å². The minimum atomic E-state index is -1.05. The third-order valence-electron chi connectivity index (χ3n) is 6.34. The van der Waals surface area contributed by atoms with Crippen LogP contribution in [0.15, 0.2) is 29.2 Å². The number of amides is 2. The molecule has 10 heteroatoms. The zero-order valence-electron chi connectivity index (χ0n) is 18.1. The number of nitrogens with one attached hydrogen (secondary N) is 1. The summed E-state index contributed by atoms with van der Waals surface area (Å²) in [5, 5.41) is 12.8. The summed E-state index contributed by atoms with van der Waals surface area (Å²) in [5.41, 5.74) is -1.77. The number of benzene rings is 1. The Hall–Kier alpha value is -3.56. The normalized spacial score (nSPS) is 20.0. The van der Waals surface area contributed by atoms with Crippen LogP contribution in [0.3, 0.4) is 0 Å². The minimum absolute atomic E-state index is 0.00381. The Balaban J connectivity index is 1.63. The number of Topliss-reactive ketones (excluding diaryl/α,β-unsaturated/α-hetero) is 1. The summed E-state index contributed by atoms with van der Waals surface area (Å²) in [6, 6.07) is 2.11. The van der Waals surface area contributed by atoms with E-state index in [0.717, 1.165) is 18.3 Å². The first kappa shape index (κ1) is 22.6. The van der Waals surface area contributed by atoms with E-state index in [-0.39, 0.29) is 42.0 Å². The second kappa shape index (κ2) is 8.42. The number of piperidine rings is 1. The van der Waals surface area contributed by atoms with Gasteiger partial charge in [-0.25, -0.2) is 8.78 Å². The standard InChI is InChI=1S/C23H23F2N3O5/c1-11(2)14-5-6-28-17(19(14)29)10-27-9-15(20(30)21(31)18(27)23(28)33)22(32)26-8-12-3-4-13(24)7-16(12)25/h3-4,7,9,11,14,17,31H,5-6,8,10H2,1-2H3,(H,26,32)/t14-,17-/m1/s1. The maximum atomic E-state index is 13.8. The van der Waals surface area contributed by atoms with Gasteiger partial charge in [-0.15, -0.1) is 0 Å². The van der Waals surface area contributed by atoms with E-state index >= 15 is 0 Å². The Bertz CT molecular complexity index is 1220. The summed E-state index contributed by atoms with van der Waals surface area (Å²) in [7, 11) is 0. The van der Waals surface area contributed by atoms with Crippen LogP contribution in [0.25, 0.3) is 0 Å². The number of fused-ring (bicyclic) bond motifs is 2. The largest absolute Gasteiger partial charge is 0.503 e. The van der Waals surface area contributed by atoms with E-state index in [9.17, 15) is 33.1 Å². The van der Waals surface area contributed by atoms with Crippen LogP contribution >= 0.6 is 0 Å². The number of ketones is 1. The second-order valence-electron chi connectivity index (χ2n) is 8.70. The number of hydrogen-bond acceptors (Lipinski definition) is 5. The van der Waals surface area contributed by atoms with Crippen molar-refractivity contribution in [2.45, 2.75) is 39.4 Å². The third-order valence-corrected chi connectivity index (χ3v) is 6.34. The van der Waals surface area contributed by atoms with Gasteiger partial charge in [-0.2, -0.15) is 0 Å². The number of halogens is 2. The Morgan fingerprint density at radius 2 is 1.97 bits per heavy atom. The number of hydrogen-bond donors (Lipinski definition) is 2. The predicted molar refractivity (Wildman–Crippen MR) is 113 cm³/mol. The number of pyridine rings is 1. The lowest BCUT2D eigenvalue weighted by Gasteiger charge is -2.43. The van der Waals surface area contributed by atoms with E-state index in [4.69, 9.17) is 0 Å². The van der Waals surface area contributed by atoms with Crippen LogP contribution in [0.5, 0.6) is 5.75 Å². The molecule has 0 saturated carbocycles. The van der Waals surface area contributed by atoms with Crippen molar-refractivity contribution in [1.82, 2.24) is 14.8 Å². The Morgan fingerprint density at radius 1 is 1.24 bits per heavy atom. The molecule has 2 aromatic rings. The van der Waals surface area contributed by atoms with E-state index in [1.165, 1.54) is 9.47 Å². The van der Waals surface area contributed by atoms with E-state index in [0.29, 0.717) is 19.0 Å². The summed E-state index contributed by atoms with van der Waals surface area (Å²) in [5.74, 6) is -4.24. The number of nitrogens with zero attached hydrogens (tertiary/aromatic N) is 2. The van der Waals surface area contributed by atoms with Gasteiger partial charge in [0.05, 0.1) is 6.54 Å². The van der Waals surface area contributed by atoms with Crippen LogP contribution in [0.2, 0.25) is 0 Å². The summed E-state index contributed by atoms with van der Waals surface area (Å²) in [6.07, 6.45) is 1.64. The maximum absolute atomic E-state index is 13.8. The van der Waals surface area contributed by atoms with Crippen molar-refractivity contribution in [3.63, 3.8) is 0 Å². The lowest BCUT2D eigenvalue weighted by Crippen LogP contribution is -2.58. The highest BCUT2D eigenvalue weighted by Gasteiger charge is 2.45. The van der Waals surface area contributed by atoms with Gasteiger partial charge in [0.2, 0.25) is 5.43 Å². The molecule has 0 unspecified atom stereocenters. The molecule has 174 valence electrons. The van der Waals surface area contributed by atoms with E-state index in [1.54, 1.807) is 0 Å². The number of rotatable bonds is 4. The summed E-state index contributed by atoms with van der Waals surface area (Å²) >= 11 is 0. The van der Waals surface area contributed by atoms with Gasteiger partial charge >= 0.3 is 0 Å². The maximum Gasteiger partial charge on any atom is 0.275 e. The summed E-state index contributed by atoms with van der Waals surface area (Å²) in [6.45, 7) is 3.88. The van der Waals surface area contributed by atoms with Crippen molar-refractivity contribution in [3.8, 4) is 5.75 Å². The van der Waals surface area contributed by atoms with Gasteiger partial charge in [0, 0.05) is 36.8 Å². The molecule has 0 spiro atoms. The van der Waals surface area contributed by atoms with Gasteiger partial charge < -0.3 is 19.9 Å². The molecule has 2 atom stereocenters. The monoisotopic (exact) mass is 459 g/mol. The second-order valence-corrected chi connectivity index (χ2v) is 8.70. The van der Waals surface area contributed by atoms with E-state index < -0.39 is 46.2 Å². The first-order valence-electron chi connectivity index (χ1n) is 10.6. The molecule has 3 heterocycles. The van der Waals surface area contributed by atoms with Gasteiger partial charge in [-0.1, -0.05) is 19.9 Å². The zero-order valence-corrected chi connectivity index (χ0v) is 18.1. The van der Waals surface area contributed by atoms with Crippen molar-refractivity contribution in [2.75, 3.05) is 6.54 Å². The zero-order chi connectivity index (χ0) is 24.0. The molecule has 1 aromatic heterocycles. The molecule has 1 fully saturated rings. The Labute approximate surface area is 187 Å². The highest BCUT2D eigenvalue weighted by atomic mass is 19.1. The molecule has 8 nitrogen and oxygen atoms in total. The number of carbonyl (C=O) groups excluding carboxylic acids is 3. The average molecular weight is 459 g/mol. The fourth-order valence-corrected chi connectivity index (χ4v) is 4.51. The predicted octanol–water partition coefficient (Wildman–Crippen LogP) is 1.83. The quantitative estimate of drug-likeness (QED) is 0.725. The van der Waals surface area contributed by atoms with Crippen LogP contribution in [0.1, 0.15) is 46.7 Å². The van der Waals surface area contributed by atoms with E-state index in [2.05, 4.69) is 5.32 Å². The molecular formula is C23H23F2N3O5. The number of aromatic nitrogens is 1. The van der Waals surface area contributed by atoms with Gasteiger partial charge in [0.25, 0.3) is 11.8 Å². The van der Waals surface area contributed by atoms with Crippen LogP contribution in [0.4, 0.5) is 8.78 Å². The Kier molecular flexibility index (Phi) is 5.77. The molecule has 2 N–H and O–H groups in total. The smallest absolute Gasteiger partial charge is 0.275 e. The van der Waals surface area contributed by atoms with Crippen molar-refractivity contribution in [3.05, 3.63) is 63.1 Å². The lowest BCUT2D eigenvalue weighted by molar-refractivity contribution is -0.133. The van der Waals surface area contributed by atoms with Crippen molar-refractivity contribution in [1.29, 1.82) is 0 Å². The molecule has 1 saturated heterocycles. The fraction of sp³-hybridized carbons (Fsp3) is 0.391. The lowest BCUT2D eigenvalue weighted by atomic mass is 9.81. The topological polar surface area (TPSA) is 109 Å². The number of aromatic hydroxyl groups is 1.